The van der Waals surface area contributed by atoms with E-state index in [4.69, 9.17) is 26.8 Å². The second kappa shape index (κ2) is 9.97. The molecule has 1 aliphatic rings. The maximum absolute atomic E-state index is 12.1. The summed E-state index contributed by atoms with van der Waals surface area (Å²) in [6.45, 7) is 2.80. The van der Waals surface area contributed by atoms with E-state index in [0.29, 0.717) is 42.0 Å². The first-order valence-corrected chi connectivity index (χ1v) is 8.44. The molecule has 2 rings (SSSR count). The normalized spacial score (nSPS) is 19.5. The van der Waals surface area contributed by atoms with Crippen molar-refractivity contribution < 1.29 is 14.3 Å². The van der Waals surface area contributed by atoms with E-state index in [1.165, 1.54) is 0 Å². The number of halogens is 2. The molecule has 0 aliphatic heterocycles. The lowest BCUT2D eigenvalue weighted by molar-refractivity contribution is -0.122. The molecule has 1 aliphatic carbocycles. The number of hydrogen-bond acceptors (Lipinski definition) is 4. The summed E-state index contributed by atoms with van der Waals surface area (Å²) >= 11 is 6.23. The van der Waals surface area contributed by atoms with Gasteiger partial charge in [0.2, 0.25) is 5.91 Å². The van der Waals surface area contributed by atoms with Crippen LogP contribution in [0.1, 0.15) is 38.2 Å². The molecule has 1 amide bonds. The molecule has 1 saturated carbocycles. The Hall–Kier alpha value is -1.17. The zero-order chi connectivity index (χ0) is 16.8. The lowest BCUT2D eigenvalue weighted by atomic mass is 10.00. The number of hydrogen-bond donors (Lipinski definition) is 2. The van der Waals surface area contributed by atoms with Crippen molar-refractivity contribution in [3.63, 3.8) is 0 Å². The smallest absolute Gasteiger partial charge is 0.220 e. The Kier molecular flexibility index (Phi) is 8.67. The molecular weight excluding hydrogens is 351 g/mol. The molecule has 1 aromatic carbocycles. The number of rotatable bonds is 7. The molecular formula is C17H26Cl2N2O3. The SMILES string of the molecule is CCOc1c(Cl)cc(CNC(=O)C[C@@H]2CCC[C@H]2N)cc1OC.Cl. The van der Waals surface area contributed by atoms with Crippen molar-refractivity contribution >= 4 is 29.9 Å². The molecule has 0 spiro atoms. The van der Waals surface area contributed by atoms with Crippen LogP contribution in [0, 0.1) is 5.92 Å². The summed E-state index contributed by atoms with van der Waals surface area (Å²) in [5, 5.41) is 3.41. The molecule has 0 aromatic heterocycles. The van der Waals surface area contributed by atoms with Crippen molar-refractivity contribution in [3.05, 3.63) is 22.7 Å². The van der Waals surface area contributed by atoms with E-state index in [2.05, 4.69) is 5.32 Å². The topological polar surface area (TPSA) is 73.6 Å². The molecule has 3 N–H and O–H groups in total. The zero-order valence-corrected chi connectivity index (χ0v) is 15.7. The Bertz CT molecular complexity index is 555. The Balaban J connectivity index is 0.00000288. The highest BCUT2D eigenvalue weighted by Crippen LogP contribution is 2.36. The molecule has 0 heterocycles. The number of methoxy groups -OCH3 is 1. The van der Waals surface area contributed by atoms with Gasteiger partial charge in [-0.2, -0.15) is 0 Å². The summed E-state index contributed by atoms with van der Waals surface area (Å²) < 4.78 is 10.8. The van der Waals surface area contributed by atoms with Crippen molar-refractivity contribution in [2.45, 2.75) is 45.2 Å². The fourth-order valence-corrected chi connectivity index (χ4v) is 3.28. The highest BCUT2D eigenvalue weighted by Gasteiger charge is 2.25. The first-order valence-electron chi connectivity index (χ1n) is 8.06. The average molecular weight is 377 g/mol. The number of benzene rings is 1. The Morgan fingerprint density at radius 3 is 2.75 bits per heavy atom. The van der Waals surface area contributed by atoms with E-state index in [1.807, 2.05) is 13.0 Å². The molecule has 7 heteroatoms. The third-order valence-electron chi connectivity index (χ3n) is 4.23. The predicted octanol–water partition coefficient (Wildman–Crippen LogP) is 3.30. The summed E-state index contributed by atoms with van der Waals surface area (Å²) in [6, 6.07) is 3.77. The molecule has 0 unspecified atom stereocenters. The lowest BCUT2D eigenvalue weighted by Crippen LogP contribution is -2.31. The van der Waals surface area contributed by atoms with Crippen LogP contribution in [-0.4, -0.2) is 25.7 Å². The van der Waals surface area contributed by atoms with Gasteiger partial charge in [0.05, 0.1) is 18.7 Å². The van der Waals surface area contributed by atoms with Gasteiger partial charge in [-0.1, -0.05) is 18.0 Å². The Morgan fingerprint density at radius 2 is 2.17 bits per heavy atom. The summed E-state index contributed by atoms with van der Waals surface area (Å²) in [5.74, 6) is 1.43. The highest BCUT2D eigenvalue weighted by molar-refractivity contribution is 6.32. The van der Waals surface area contributed by atoms with Crippen LogP contribution in [0.2, 0.25) is 5.02 Å². The summed E-state index contributed by atoms with van der Waals surface area (Å²) in [7, 11) is 1.57. The number of nitrogens with two attached hydrogens (primary N) is 1. The van der Waals surface area contributed by atoms with Crippen molar-refractivity contribution in [1.82, 2.24) is 5.32 Å². The molecule has 0 radical (unpaired) electrons. The molecule has 0 bridgehead atoms. The number of carbonyl (C=O) groups is 1. The molecule has 0 saturated heterocycles. The quantitative estimate of drug-likeness (QED) is 0.765. The van der Waals surface area contributed by atoms with Crippen LogP contribution < -0.4 is 20.5 Å². The van der Waals surface area contributed by atoms with E-state index in [9.17, 15) is 4.79 Å². The van der Waals surface area contributed by atoms with E-state index < -0.39 is 0 Å². The van der Waals surface area contributed by atoms with E-state index in [-0.39, 0.29) is 24.4 Å². The highest BCUT2D eigenvalue weighted by atomic mass is 35.5. The maximum Gasteiger partial charge on any atom is 0.220 e. The van der Waals surface area contributed by atoms with Gasteiger partial charge in [-0.3, -0.25) is 4.79 Å². The number of carbonyl (C=O) groups excluding carboxylic acids is 1. The van der Waals surface area contributed by atoms with Gasteiger partial charge in [-0.15, -0.1) is 12.4 Å². The van der Waals surface area contributed by atoms with Crippen molar-refractivity contribution in [2.24, 2.45) is 11.7 Å². The van der Waals surface area contributed by atoms with Crippen LogP contribution in [0.5, 0.6) is 11.5 Å². The third-order valence-corrected chi connectivity index (χ3v) is 4.51. The van der Waals surface area contributed by atoms with E-state index >= 15 is 0 Å². The van der Waals surface area contributed by atoms with Crippen molar-refractivity contribution in [1.29, 1.82) is 0 Å². The first-order chi connectivity index (χ1) is 11.0. The van der Waals surface area contributed by atoms with Crippen LogP contribution in [0.15, 0.2) is 12.1 Å². The van der Waals surface area contributed by atoms with Gasteiger partial charge in [0.15, 0.2) is 11.5 Å². The van der Waals surface area contributed by atoms with Gasteiger partial charge in [0, 0.05) is 19.0 Å². The van der Waals surface area contributed by atoms with Gasteiger partial charge in [0.25, 0.3) is 0 Å². The van der Waals surface area contributed by atoms with E-state index in [1.54, 1.807) is 13.2 Å². The first kappa shape index (κ1) is 20.9. The fraction of sp³-hybridized carbons (Fsp3) is 0.588. The van der Waals surface area contributed by atoms with Crippen molar-refractivity contribution in [3.8, 4) is 11.5 Å². The zero-order valence-electron chi connectivity index (χ0n) is 14.1. The minimum Gasteiger partial charge on any atom is -0.493 e. The number of nitrogens with one attached hydrogen (secondary N) is 1. The minimum atomic E-state index is 0. The van der Waals surface area contributed by atoms with Crippen LogP contribution in [0.4, 0.5) is 0 Å². The molecule has 24 heavy (non-hydrogen) atoms. The molecule has 1 fully saturated rings. The molecule has 1 aromatic rings. The maximum atomic E-state index is 12.1. The van der Waals surface area contributed by atoms with Crippen molar-refractivity contribution in [2.75, 3.05) is 13.7 Å². The van der Waals surface area contributed by atoms with Crippen LogP contribution in [0.3, 0.4) is 0 Å². The predicted molar refractivity (Wildman–Crippen MR) is 98.2 cm³/mol. The Labute approximate surface area is 154 Å². The summed E-state index contributed by atoms with van der Waals surface area (Å²) in [4.78, 5) is 12.1. The summed E-state index contributed by atoms with van der Waals surface area (Å²) in [5.41, 5.74) is 6.88. The average Bonchev–Trinajstić information content (AvgIpc) is 2.92. The van der Waals surface area contributed by atoms with E-state index in [0.717, 1.165) is 24.8 Å². The molecule has 136 valence electrons. The largest absolute Gasteiger partial charge is 0.493 e. The van der Waals surface area contributed by atoms with Gasteiger partial charge in [-0.25, -0.2) is 0 Å². The van der Waals surface area contributed by atoms with Gasteiger partial charge >= 0.3 is 0 Å². The summed E-state index contributed by atoms with van der Waals surface area (Å²) in [6.07, 6.45) is 3.66. The second-order valence-electron chi connectivity index (χ2n) is 5.88. The number of amides is 1. The fourth-order valence-electron chi connectivity index (χ4n) is 2.99. The van der Waals surface area contributed by atoms with Crippen LogP contribution in [0.25, 0.3) is 0 Å². The molecule has 5 nitrogen and oxygen atoms in total. The van der Waals surface area contributed by atoms with Crippen LogP contribution >= 0.6 is 24.0 Å². The van der Waals surface area contributed by atoms with Gasteiger partial charge in [0.1, 0.15) is 0 Å². The minimum absolute atomic E-state index is 0. The third kappa shape index (κ3) is 5.43. The standard InChI is InChI=1S/C17H25ClN2O3.ClH/c1-3-23-17-13(18)7-11(8-15(17)22-2)10-20-16(21)9-12-5-4-6-14(12)19;/h7-8,12,14H,3-6,9-10,19H2,1-2H3,(H,20,21);1H/t12-,14+;/m0./s1. The molecule has 2 atom stereocenters. The van der Waals surface area contributed by atoms with Crippen LogP contribution in [-0.2, 0) is 11.3 Å². The number of ether oxygens (including phenoxy) is 2. The van der Waals surface area contributed by atoms with Gasteiger partial charge < -0.3 is 20.5 Å². The Morgan fingerprint density at radius 1 is 1.42 bits per heavy atom. The van der Waals surface area contributed by atoms with Gasteiger partial charge in [-0.05, 0) is 43.4 Å². The second-order valence-corrected chi connectivity index (χ2v) is 6.28. The lowest BCUT2D eigenvalue weighted by Gasteiger charge is -2.16. The monoisotopic (exact) mass is 376 g/mol.